The van der Waals surface area contributed by atoms with Crippen LogP contribution in [0.25, 0.3) is 0 Å². The van der Waals surface area contributed by atoms with Crippen LogP contribution in [0.4, 0.5) is 0 Å². The molecule has 2 aromatic rings. The third kappa shape index (κ3) is 5.02. The molecule has 0 aliphatic carbocycles. The van der Waals surface area contributed by atoms with Gasteiger partial charge in [-0.3, -0.25) is 9.00 Å². The fourth-order valence-corrected chi connectivity index (χ4v) is 3.06. The average Bonchev–Trinajstić information content (AvgIpc) is 2.52. The zero-order chi connectivity index (χ0) is 15.1. The Labute approximate surface area is 131 Å². The van der Waals surface area contributed by atoms with Crippen LogP contribution in [0.1, 0.15) is 10.4 Å². The molecule has 0 saturated carbocycles. The van der Waals surface area contributed by atoms with Gasteiger partial charge in [0.1, 0.15) is 0 Å². The predicted octanol–water partition coefficient (Wildman–Crippen LogP) is 2.95. The van der Waals surface area contributed by atoms with Crippen LogP contribution < -0.4 is 5.32 Å². The lowest BCUT2D eigenvalue weighted by molar-refractivity contribution is 0.0956. The van der Waals surface area contributed by atoms with E-state index in [9.17, 15) is 9.00 Å². The molecule has 5 heteroatoms. The summed E-state index contributed by atoms with van der Waals surface area (Å²) in [7, 11) is -1.01. The maximum Gasteiger partial charge on any atom is 0.251 e. The van der Waals surface area contributed by atoms with Gasteiger partial charge in [-0.2, -0.15) is 0 Å². The van der Waals surface area contributed by atoms with E-state index in [4.69, 9.17) is 0 Å². The molecular weight excluding hydrogens is 302 g/mol. The molecule has 0 heterocycles. The van der Waals surface area contributed by atoms with Crippen molar-refractivity contribution in [2.75, 3.05) is 18.6 Å². The van der Waals surface area contributed by atoms with Crippen molar-refractivity contribution < 1.29 is 9.00 Å². The van der Waals surface area contributed by atoms with Crippen molar-refractivity contribution in [2.24, 2.45) is 0 Å². The second-order valence-electron chi connectivity index (χ2n) is 4.40. The second-order valence-corrected chi connectivity index (χ2v) is 6.94. The number of carbonyl (C=O) groups is 1. The van der Waals surface area contributed by atoms with Crippen molar-refractivity contribution in [1.82, 2.24) is 5.32 Å². The van der Waals surface area contributed by atoms with Crippen molar-refractivity contribution in [3.05, 3.63) is 60.2 Å². The normalized spacial score (nSPS) is 11.9. The van der Waals surface area contributed by atoms with Crippen LogP contribution in [0.3, 0.4) is 0 Å². The highest BCUT2D eigenvalue weighted by Crippen LogP contribution is 2.15. The third-order valence-corrected chi connectivity index (χ3v) is 4.80. The van der Waals surface area contributed by atoms with Crippen LogP contribution in [0.5, 0.6) is 0 Å². The molecule has 0 spiro atoms. The van der Waals surface area contributed by atoms with E-state index in [0.29, 0.717) is 12.1 Å². The molecule has 1 N–H and O–H groups in total. The summed E-state index contributed by atoms with van der Waals surface area (Å²) in [6.45, 7) is 0.611. The molecule has 110 valence electrons. The van der Waals surface area contributed by atoms with Crippen molar-refractivity contribution in [2.45, 2.75) is 9.79 Å². The van der Waals surface area contributed by atoms with Crippen LogP contribution in [0.15, 0.2) is 64.4 Å². The molecule has 0 saturated heterocycles. The van der Waals surface area contributed by atoms with Gasteiger partial charge in [-0.1, -0.05) is 18.2 Å². The molecule has 1 amide bonds. The first-order valence-electron chi connectivity index (χ1n) is 6.56. The molecular formula is C16H17NO2S2. The number of rotatable bonds is 6. The fraction of sp³-hybridized carbons (Fsp3) is 0.188. The van der Waals surface area contributed by atoms with E-state index in [2.05, 4.69) is 17.4 Å². The van der Waals surface area contributed by atoms with Gasteiger partial charge in [0, 0.05) is 44.7 Å². The molecule has 2 aromatic carbocycles. The van der Waals surface area contributed by atoms with Crippen molar-refractivity contribution in [1.29, 1.82) is 0 Å². The monoisotopic (exact) mass is 319 g/mol. The number of thioether (sulfide) groups is 1. The molecule has 1 atom stereocenters. The summed E-state index contributed by atoms with van der Waals surface area (Å²) in [6.07, 6.45) is 1.62. The Bertz CT molecular complexity index is 612. The van der Waals surface area contributed by atoms with E-state index in [-0.39, 0.29) is 5.91 Å². The summed E-state index contributed by atoms with van der Waals surface area (Å²) < 4.78 is 11.3. The van der Waals surface area contributed by atoms with E-state index < -0.39 is 10.8 Å². The van der Waals surface area contributed by atoms with Gasteiger partial charge in [0.15, 0.2) is 0 Å². The van der Waals surface area contributed by atoms with Crippen LogP contribution in [0, 0.1) is 0 Å². The quantitative estimate of drug-likeness (QED) is 0.658. The Hall–Kier alpha value is -1.59. The first-order valence-corrected chi connectivity index (χ1v) is 9.11. The van der Waals surface area contributed by atoms with Crippen molar-refractivity contribution >= 4 is 28.5 Å². The largest absolute Gasteiger partial charge is 0.351 e. The van der Waals surface area contributed by atoms with E-state index in [1.54, 1.807) is 42.3 Å². The van der Waals surface area contributed by atoms with Crippen molar-refractivity contribution in [3.8, 4) is 0 Å². The van der Waals surface area contributed by atoms with Gasteiger partial charge in [0.2, 0.25) is 0 Å². The Morgan fingerprint density at radius 3 is 2.38 bits per heavy atom. The molecule has 0 bridgehead atoms. The maximum atomic E-state index is 11.9. The Morgan fingerprint density at radius 1 is 1.10 bits per heavy atom. The lowest BCUT2D eigenvalue weighted by atomic mass is 10.2. The van der Waals surface area contributed by atoms with Crippen LogP contribution >= 0.6 is 11.8 Å². The lowest BCUT2D eigenvalue weighted by Crippen LogP contribution is -2.25. The van der Waals surface area contributed by atoms with Gasteiger partial charge in [0.25, 0.3) is 5.91 Å². The average molecular weight is 319 g/mol. The third-order valence-electron chi connectivity index (χ3n) is 2.85. The van der Waals surface area contributed by atoms with Gasteiger partial charge >= 0.3 is 0 Å². The minimum atomic E-state index is -1.01. The molecule has 0 aliphatic heterocycles. The fourth-order valence-electron chi connectivity index (χ4n) is 1.75. The summed E-state index contributed by atoms with van der Waals surface area (Å²) in [6, 6.07) is 16.9. The molecule has 21 heavy (non-hydrogen) atoms. The SMILES string of the molecule is CS(=O)c1ccc(C(=O)NCCSc2ccccc2)cc1. The number of nitrogens with one attached hydrogen (secondary N) is 1. The van der Waals surface area contributed by atoms with Gasteiger partial charge in [0.05, 0.1) is 0 Å². The predicted molar refractivity (Wildman–Crippen MR) is 88.3 cm³/mol. The Balaban J connectivity index is 1.78. The minimum Gasteiger partial charge on any atom is -0.351 e. The number of carbonyl (C=O) groups excluding carboxylic acids is 1. The summed E-state index contributed by atoms with van der Waals surface area (Å²) in [5, 5.41) is 2.88. The summed E-state index contributed by atoms with van der Waals surface area (Å²) in [5.41, 5.74) is 0.592. The first-order chi connectivity index (χ1) is 10.2. The number of hydrogen-bond acceptors (Lipinski definition) is 3. The van der Waals surface area contributed by atoms with E-state index >= 15 is 0 Å². The van der Waals surface area contributed by atoms with Gasteiger partial charge < -0.3 is 5.32 Å². The molecule has 2 rings (SSSR count). The highest BCUT2D eigenvalue weighted by Gasteiger charge is 2.05. The number of hydrogen-bond donors (Lipinski definition) is 1. The van der Waals surface area contributed by atoms with Crippen LogP contribution in [0.2, 0.25) is 0 Å². The van der Waals surface area contributed by atoms with Gasteiger partial charge in [-0.25, -0.2) is 0 Å². The summed E-state index contributed by atoms with van der Waals surface area (Å²) >= 11 is 1.71. The standard InChI is InChI=1S/C16H17NO2S2/c1-21(19)15-9-7-13(8-10-15)16(18)17-11-12-20-14-5-3-2-4-6-14/h2-10H,11-12H2,1H3,(H,17,18). The van der Waals surface area contributed by atoms with E-state index in [1.807, 2.05) is 18.2 Å². The topological polar surface area (TPSA) is 46.2 Å². The molecule has 3 nitrogen and oxygen atoms in total. The Morgan fingerprint density at radius 2 is 1.76 bits per heavy atom. The van der Waals surface area contributed by atoms with Crippen molar-refractivity contribution in [3.63, 3.8) is 0 Å². The van der Waals surface area contributed by atoms with Gasteiger partial charge in [-0.15, -0.1) is 11.8 Å². The van der Waals surface area contributed by atoms with E-state index in [0.717, 1.165) is 10.6 Å². The van der Waals surface area contributed by atoms with E-state index in [1.165, 1.54) is 4.90 Å². The summed E-state index contributed by atoms with van der Waals surface area (Å²) in [5.74, 6) is 0.726. The highest BCUT2D eigenvalue weighted by molar-refractivity contribution is 7.99. The molecule has 0 aromatic heterocycles. The number of benzene rings is 2. The lowest BCUT2D eigenvalue weighted by Gasteiger charge is -2.06. The smallest absolute Gasteiger partial charge is 0.251 e. The highest BCUT2D eigenvalue weighted by atomic mass is 32.2. The molecule has 1 unspecified atom stereocenters. The zero-order valence-corrected chi connectivity index (χ0v) is 13.4. The second kappa shape index (κ2) is 8.00. The first kappa shape index (κ1) is 15.8. The Kier molecular flexibility index (Phi) is 6.02. The summed E-state index contributed by atoms with van der Waals surface area (Å²) in [4.78, 5) is 13.9. The molecule has 0 aliphatic rings. The molecule has 0 fully saturated rings. The minimum absolute atomic E-state index is 0.0999. The zero-order valence-electron chi connectivity index (χ0n) is 11.7. The maximum absolute atomic E-state index is 11.9. The van der Waals surface area contributed by atoms with Crippen LogP contribution in [-0.2, 0) is 10.8 Å². The van der Waals surface area contributed by atoms with Gasteiger partial charge in [-0.05, 0) is 36.4 Å². The van der Waals surface area contributed by atoms with Crippen LogP contribution in [-0.4, -0.2) is 28.7 Å². The number of amides is 1. The molecule has 0 radical (unpaired) electrons.